The summed E-state index contributed by atoms with van der Waals surface area (Å²) in [6.07, 6.45) is 2.60. The summed E-state index contributed by atoms with van der Waals surface area (Å²) in [5, 5.41) is 22.0. The normalized spacial score (nSPS) is 14.4. The lowest BCUT2D eigenvalue weighted by Crippen LogP contribution is -2.58. The number of rotatable bonds is 21. The van der Waals surface area contributed by atoms with E-state index >= 15 is 0 Å². The third kappa shape index (κ3) is 14.2. The van der Waals surface area contributed by atoms with Gasteiger partial charge >= 0.3 is 0 Å². The molecule has 0 saturated heterocycles. The highest BCUT2D eigenvalue weighted by Crippen LogP contribution is 2.25. The molecule has 0 fully saturated rings. The number of carbonyl (C=O) groups is 6. The van der Waals surface area contributed by atoms with Crippen LogP contribution in [0.4, 0.5) is 5.69 Å². The zero-order valence-corrected chi connectivity index (χ0v) is 30.9. The number of carbonyl (C=O) groups excluding carboxylic acids is 7. The van der Waals surface area contributed by atoms with Gasteiger partial charge in [0, 0.05) is 18.7 Å². The molecule has 1 radical (unpaired) electrons. The first-order valence-corrected chi connectivity index (χ1v) is 17.5. The van der Waals surface area contributed by atoms with Crippen molar-refractivity contribution in [1.82, 2.24) is 26.6 Å². The topological polar surface area (TPSA) is 285 Å². The number of amides is 6. The molecule has 6 atom stereocenters. The number of nitrogens with one attached hydrogen (secondary N) is 6. The molecular formula is C36H53N10O7. The van der Waals surface area contributed by atoms with Gasteiger partial charge in [0.15, 0.2) is 5.96 Å². The van der Waals surface area contributed by atoms with E-state index in [1.54, 1.807) is 12.1 Å². The SMILES string of the molecule is CC(C)C[C@H](NC(=O)[C@H](C)NC(=O)[C@@H](N)CCC(N)=O)C(=O)N[C@@H](C)C(=O)N[C@@H](C)C(=O)N(c1ccc2ccccc2c1)[C@H]([C]=O)CCCNC(=N)N. The first-order chi connectivity index (χ1) is 24.9. The molecule has 0 aromatic heterocycles. The van der Waals surface area contributed by atoms with Crippen molar-refractivity contribution in [3.05, 3.63) is 42.5 Å². The van der Waals surface area contributed by atoms with Crippen LogP contribution in [0.5, 0.6) is 0 Å². The van der Waals surface area contributed by atoms with Gasteiger partial charge in [-0.3, -0.25) is 43.9 Å². The second kappa shape index (κ2) is 21.1. The van der Waals surface area contributed by atoms with E-state index in [1.165, 1.54) is 25.7 Å². The van der Waals surface area contributed by atoms with Gasteiger partial charge in [0.25, 0.3) is 0 Å². The smallest absolute Gasteiger partial charge is 0.249 e. The Labute approximate surface area is 309 Å². The Morgan fingerprint density at radius 2 is 1.36 bits per heavy atom. The molecule has 2 rings (SSSR count). The summed E-state index contributed by atoms with van der Waals surface area (Å²) < 4.78 is 0. The largest absolute Gasteiger partial charge is 0.370 e. The van der Waals surface area contributed by atoms with Crippen LogP contribution >= 0.6 is 0 Å². The Hall–Kier alpha value is -5.58. The molecule has 0 aliphatic rings. The highest BCUT2D eigenvalue weighted by molar-refractivity contribution is 6.04. The second-order valence-electron chi connectivity index (χ2n) is 13.3. The summed E-state index contributed by atoms with van der Waals surface area (Å²) >= 11 is 0. The highest BCUT2D eigenvalue weighted by Gasteiger charge is 2.32. The number of fused-ring (bicyclic) bond motifs is 1. The minimum atomic E-state index is -1.15. The maximum absolute atomic E-state index is 14.0. The van der Waals surface area contributed by atoms with Gasteiger partial charge in [0.1, 0.15) is 30.2 Å². The summed E-state index contributed by atoms with van der Waals surface area (Å²) in [6, 6.07) is 6.20. The predicted octanol–water partition coefficient (Wildman–Crippen LogP) is -0.448. The number of nitrogens with zero attached hydrogens (tertiary/aromatic N) is 1. The van der Waals surface area contributed by atoms with E-state index in [9.17, 15) is 33.6 Å². The average Bonchev–Trinajstić information content (AvgIpc) is 3.10. The highest BCUT2D eigenvalue weighted by atomic mass is 16.2. The first kappa shape index (κ1) is 43.6. The summed E-state index contributed by atoms with van der Waals surface area (Å²) in [7, 11) is 0. The van der Waals surface area contributed by atoms with Gasteiger partial charge < -0.3 is 43.8 Å². The van der Waals surface area contributed by atoms with E-state index < -0.39 is 71.7 Å². The van der Waals surface area contributed by atoms with Gasteiger partial charge in [-0.05, 0) is 75.3 Å². The molecule has 0 bridgehead atoms. The number of anilines is 1. The molecule has 53 heavy (non-hydrogen) atoms. The fraction of sp³-hybridized carbons (Fsp3) is 0.500. The standard InChI is InChI=1S/C36H53N10O7/c1-20(2)17-29(45-32(50)22(4)42-33(51)28(37)14-15-30(38)48)34(52)43-21(3)31(49)44-23(5)35(53)46(27(19-47)11-8-16-41-36(39)40)26-13-12-24-9-6-7-10-25(24)18-26/h6-7,9-10,12-13,18,20-23,27-29H,8,11,14-17,37H2,1-5H3,(H2,38,48)(H,42,51)(H,43,52)(H,44,49)(H,45,50)(H4,39,40,41)/t21-,22-,23-,27-,28-,29-/m0/s1. The van der Waals surface area contributed by atoms with Crippen molar-refractivity contribution in [3.63, 3.8) is 0 Å². The monoisotopic (exact) mass is 737 g/mol. The molecule has 2 aromatic rings. The molecule has 0 heterocycles. The van der Waals surface area contributed by atoms with E-state index in [0.717, 1.165) is 10.8 Å². The minimum Gasteiger partial charge on any atom is -0.370 e. The number of hydrogen-bond donors (Lipinski definition) is 9. The predicted molar refractivity (Wildman–Crippen MR) is 201 cm³/mol. The number of nitrogens with two attached hydrogens (primary N) is 3. The number of benzene rings is 2. The van der Waals surface area contributed by atoms with E-state index in [1.807, 2.05) is 50.5 Å². The van der Waals surface area contributed by atoms with Crippen LogP contribution in [0.2, 0.25) is 0 Å². The van der Waals surface area contributed by atoms with Gasteiger partial charge in [-0.25, -0.2) is 0 Å². The van der Waals surface area contributed by atoms with Crippen molar-refractivity contribution in [1.29, 1.82) is 5.41 Å². The molecule has 17 nitrogen and oxygen atoms in total. The van der Waals surface area contributed by atoms with E-state index in [2.05, 4.69) is 26.6 Å². The summed E-state index contributed by atoms with van der Waals surface area (Å²) in [6.45, 7) is 8.24. The Bertz CT molecular complexity index is 1630. The Morgan fingerprint density at radius 1 is 0.774 bits per heavy atom. The van der Waals surface area contributed by atoms with E-state index in [4.69, 9.17) is 22.6 Å². The molecule has 6 amide bonds. The van der Waals surface area contributed by atoms with Gasteiger partial charge in [-0.15, -0.1) is 0 Å². The quantitative estimate of drug-likeness (QED) is 0.0452. The zero-order chi connectivity index (χ0) is 39.8. The van der Waals surface area contributed by atoms with E-state index in [0.29, 0.717) is 12.1 Å². The lowest BCUT2D eigenvalue weighted by molar-refractivity contribution is -0.134. The molecule has 12 N–H and O–H groups in total. The van der Waals surface area contributed by atoms with Crippen LogP contribution < -0.4 is 48.7 Å². The van der Waals surface area contributed by atoms with Crippen LogP contribution in [0.15, 0.2) is 42.5 Å². The van der Waals surface area contributed by atoms with Crippen molar-refractivity contribution in [3.8, 4) is 0 Å². The van der Waals surface area contributed by atoms with Gasteiger partial charge in [0.05, 0.1) is 6.04 Å². The number of primary amides is 1. The van der Waals surface area contributed by atoms with Crippen molar-refractivity contribution in [2.45, 2.75) is 103 Å². The maximum Gasteiger partial charge on any atom is 0.249 e. The van der Waals surface area contributed by atoms with Crippen LogP contribution in [0.1, 0.15) is 66.7 Å². The Balaban J connectivity index is 2.16. The Morgan fingerprint density at radius 3 is 1.94 bits per heavy atom. The van der Waals surface area contributed by atoms with E-state index in [-0.39, 0.29) is 44.1 Å². The van der Waals surface area contributed by atoms with Crippen LogP contribution in [0.3, 0.4) is 0 Å². The molecule has 0 aliphatic carbocycles. The zero-order valence-electron chi connectivity index (χ0n) is 30.9. The van der Waals surface area contributed by atoms with Crippen LogP contribution in [-0.2, 0) is 33.6 Å². The molecule has 289 valence electrons. The van der Waals surface area contributed by atoms with Gasteiger partial charge in [-0.1, -0.05) is 44.2 Å². The summed E-state index contributed by atoms with van der Waals surface area (Å²) in [4.78, 5) is 90.5. The molecule has 0 spiro atoms. The average molecular weight is 738 g/mol. The van der Waals surface area contributed by atoms with Crippen LogP contribution in [0, 0.1) is 11.3 Å². The second-order valence-corrected chi connectivity index (χ2v) is 13.3. The first-order valence-electron chi connectivity index (χ1n) is 17.5. The van der Waals surface area contributed by atoms with Crippen LogP contribution in [0.25, 0.3) is 10.8 Å². The summed E-state index contributed by atoms with van der Waals surface area (Å²) in [5.41, 5.74) is 16.7. The number of guanidine groups is 1. The third-order valence-electron chi connectivity index (χ3n) is 8.28. The van der Waals surface area contributed by atoms with Gasteiger partial charge in [0.2, 0.25) is 41.7 Å². The lowest BCUT2D eigenvalue weighted by Gasteiger charge is -2.31. The number of hydrogen-bond acceptors (Lipinski definition) is 9. The summed E-state index contributed by atoms with van der Waals surface area (Å²) in [5.74, 6) is -4.22. The molecular weight excluding hydrogens is 684 g/mol. The third-order valence-corrected chi connectivity index (χ3v) is 8.28. The molecule has 0 aliphatic heterocycles. The van der Waals surface area contributed by atoms with Crippen molar-refractivity contribution in [2.24, 2.45) is 23.1 Å². The van der Waals surface area contributed by atoms with Crippen molar-refractivity contribution < 1.29 is 33.6 Å². The molecule has 0 saturated carbocycles. The van der Waals surface area contributed by atoms with Gasteiger partial charge in [-0.2, -0.15) is 0 Å². The minimum absolute atomic E-state index is 0.00439. The molecule has 0 unspecified atom stereocenters. The van der Waals surface area contributed by atoms with Crippen LogP contribution in [-0.4, -0.2) is 90.5 Å². The Kier molecular flexibility index (Phi) is 17.3. The van der Waals surface area contributed by atoms with Crippen molar-refractivity contribution in [2.75, 3.05) is 11.4 Å². The fourth-order valence-corrected chi connectivity index (χ4v) is 5.35. The fourth-order valence-electron chi connectivity index (χ4n) is 5.35. The molecule has 17 heteroatoms. The molecule has 2 aromatic carbocycles. The van der Waals surface area contributed by atoms with Crippen molar-refractivity contribution >= 4 is 64.1 Å². The maximum atomic E-state index is 14.0. The lowest BCUT2D eigenvalue weighted by atomic mass is 10.0.